The maximum absolute atomic E-state index is 6.37. The summed E-state index contributed by atoms with van der Waals surface area (Å²) in [6, 6.07) is 7.34. The Morgan fingerprint density at radius 2 is 1.95 bits per heavy atom. The van der Waals surface area contributed by atoms with Gasteiger partial charge < -0.3 is 4.57 Å². The highest BCUT2D eigenvalue weighted by Gasteiger charge is 2.18. The van der Waals surface area contributed by atoms with Crippen molar-refractivity contribution in [2.75, 3.05) is 0 Å². The predicted molar refractivity (Wildman–Crippen MR) is 89.3 cm³/mol. The van der Waals surface area contributed by atoms with Crippen LogP contribution < -0.4 is 0 Å². The van der Waals surface area contributed by atoms with Crippen molar-refractivity contribution in [1.82, 2.24) is 19.5 Å². The van der Waals surface area contributed by atoms with Crippen molar-refractivity contribution in [3.8, 4) is 0 Å². The maximum Gasteiger partial charge on any atom is 0.188 e. The lowest BCUT2D eigenvalue weighted by Gasteiger charge is -2.18. The summed E-state index contributed by atoms with van der Waals surface area (Å²) in [6.07, 6.45) is 8.91. The number of hydrogen-bond acceptors (Lipinski definition) is 4. The number of benzene rings is 1. The van der Waals surface area contributed by atoms with Crippen molar-refractivity contribution in [1.29, 1.82) is 0 Å². The highest BCUT2D eigenvalue weighted by molar-refractivity contribution is 7.99. The molecule has 0 N–H and O–H groups in total. The zero-order valence-electron chi connectivity index (χ0n) is 11.4. The van der Waals surface area contributed by atoms with Crippen LogP contribution in [0.5, 0.6) is 0 Å². The number of rotatable bonds is 5. The molecule has 0 aliphatic carbocycles. The summed E-state index contributed by atoms with van der Waals surface area (Å²) in [5.41, 5.74) is 0.997. The second kappa shape index (κ2) is 7.13. The summed E-state index contributed by atoms with van der Waals surface area (Å²) in [6.45, 7) is 0.713. The van der Waals surface area contributed by atoms with Crippen LogP contribution >= 0.6 is 35.0 Å². The molecule has 0 saturated carbocycles. The van der Waals surface area contributed by atoms with Gasteiger partial charge in [-0.1, -0.05) is 41.0 Å². The van der Waals surface area contributed by atoms with Gasteiger partial charge in [0, 0.05) is 41.4 Å². The first kappa shape index (κ1) is 15.3. The number of hydrogen-bond donors (Lipinski definition) is 0. The average molecular weight is 351 g/mol. The summed E-state index contributed by atoms with van der Waals surface area (Å²) in [7, 11) is 0. The van der Waals surface area contributed by atoms with Crippen LogP contribution in [-0.4, -0.2) is 19.5 Å². The van der Waals surface area contributed by atoms with E-state index in [0.717, 1.165) is 5.56 Å². The zero-order chi connectivity index (χ0) is 15.4. The van der Waals surface area contributed by atoms with Gasteiger partial charge in [0.1, 0.15) is 0 Å². The Bertz CT molecular complexity index is 735. The second-order valence-corrected chi connectivity index (χ2v) is 6.58. The fourth-order valence-electron chi connectivity index (χ4n) is 2.02. The van der Waals surface area contributed by atoms with Gasteiger partial charge in [0.2, 0.25) is 0 Å². The van der Waals surface area contributed by atoms with Crippen LogP contribution in [0.1, 0.15) is 10.8 Å². The van der Waals surface area contributed by atoms with Gasteiger partial charge in [-0.3, -0.25) is 0 Å². The van der Waals surface area contributed by atoms with Crippen LogP contribution in [-0.2, 0) is 6.54 Å². The smallest absolute Gasteiger partial charge is 0.188 e. The van der Waals surface area contributed by atoms with Crippen molar-refractivity contribution >= 4 is 35.0 Å². The van der Waals surface area contributed by atoms with Crippen LogP contribution in [0.4, 0.5) is 0 Å². The van der Waals surface area contributed by atoms with Crippen LogP contribution in [0.25, 0.3) is 0 Å². The molecule has 1 aromatic carbocycles. The first-order chi connectivity index (χ1) is 10.7. The van der Waals surface area contributed by atoms with Gasteiger partial charge in [-0.05, 0) is 23.8 Å². The molecule has 112 valence electrons. The van der Waals surface area contributed by atoms with Crippen molar-refractivity contribution in [3.63, 3.8) is 0 Å². The largest absolute Gasteiger partial charge is 0.336 e. The molecule has 0 fully saturated rings. The normalized spacial score (nSPS) is 12.3. The van der Waals surface area contributed by atoms with E-state index in [1.165, 1.54) is 0 Å². The van der Waals surface area contributed by atoms with Crippen molar-refractivity contribution in [2.24, 2.45) is 0 Å². The lowest BCUT2D eigenvalue weighted by atomic mass is 10.1. The molecule has 3 rings (SSSR count). The van der Waals surface area contributed by atoms with E-state index in [2.05, 4.69) is 15.0 Å². The van der Waals surface area contributed by atoms with Crippen molar-refractivity contribution in [3.05, 3.63) is 71.0 Å². The van der Waals surface area contributed by atoms with Crippen LogP contribution in [0.3, 0.4) is 0 Å². The molecule has 2 heterocycles. The number of thioether (sulfide) groups is 1. The molecule has 1 atom stereocenters. The van der Waals surface area contributed by atoms with Gasteiger partial charge in [0.25, 0.3) is 0 Å². The van der Waals surface area contributed by atoms with E-state index in [9.17, 15) is 0 Å². The molecule has 1 unspecified atom stereocenters. The van der Waals surface area contributed by atoms with E-state index >= 15 is 0 Å². The summed E-state index contributed by atoms with van der Waals surface area (Å²) in [4.78, 5) is 12.6. The van der Waals surface area contributed by atoms with Crippen LogP contribution in [0, 0.1) is 0 Å². The minimum absolute atomic E-state index is 0.0568. The van der Waals surface area contributed by atoms with Gasteiger partial charge in [-0.2, -0.15) is 0 Å². The molecule has 3 aromatic rings. The summed E-state index contributed by atoms with van der Waals surface area (Å²) in [5, 5.41) is 2.03. The molecule has 0 aliphatic rings. The molecule has 7 heteroatoms. The van der Waals surface area contributed by atoms with Crippen LogP contribution in [0.15, 0.2) is 60.5 Å². The van der Waals surface area contributed by atoms with E-state index < -0.39 is 0 Å². The van der Waals surface area contributed by atoms with E-state index in [-0.39, 0.29) is 5.25 Å². The highest BCUT2D eigenvalue weighted by atomic mass is 35.5. The molecule has 0 saturated heterocycles. The lowest BCUT2D eigenvalue weighted by molar-refractivity contribution is 0.681. The Morgan fingerprint density at radius 1 is 1.14 bits per heavy atom. The highest BCUT2D eigenvalue weighted by Crippen LogP contribution is 2.38. The summed E-state index contributed by atoms with van der Waals surface area (Å²) >= 11 is 13.9. The Kier molecular flexibility index (Phi) is 4.97. The molecule has 0 bridgehead atoms. The Hall–Kier alpha value is -1.56. The molecular weight excluding hydrogens is 339 g/mol. The van der Waals surface area contributed by atoms with Crippen molar-refractivity contribution in [2.45, 2.75) is 17.0 Å². The van der Waals surface area contributed by atoms with E-state index in [0.29, 0.717) is 21.7 Å². The SMILES string of the molecule is Clc1ccc(C(Cn2ccnc2)Sc2ncccn2)c(Cl)c1. The second-order valence-electron chi connectivity index (χ2n) is 4.56. The average Bonchev–Trinajstić information content (AvgIpc) is 3.01. The first-order valence-electron chi connectivity index (χ1n) is 6.57. The molecular formula is C15H12Cl2N4S. The Balaban J connectivity index is 1.91. The molecule has 0 amide bonds. The minimum Gasteiger partial charge on any atom is -0.336 e. The minimum atomic E-state index is 0.0568. The predicted octanol–water partition coefficient (Wildman–Crippen LogP) is 4.51. The number of imidazole rings is 1. The van der Waals surface area contributed by atoms with Crippen LogP contribution in [0.2, 0.25) is 10.0 Å². The molecule has 4 nitrogen and oxygen atoms in total. The topological polar surface area (TPSA) is 43.6 Å². The third-order valence-corrected chi connectivity index (χ3v) is 4.71. The van der Waals surface area contributed by atoms with Gasteiger partial charge in [-0.15, -0.1) is 0 Å². The zero-order valence-corrected chi connectivity index (χ0v) is 13.8. The third-order valence-electron chi connectivity index (χ3n) is 3.03. The molecule has 0 radical (unpaired) electrons. The number of halogens is 2. The fourth-order valence-corrected chi connectivity index (χ4v) is 3.70. The number of nitrogens with zero attached hydrogens (tertiary/aromatic N) is 4. The molecule has 2 aromatic heterocycles. The van der Waals surface area contributed by atoms with Gasteiger partial charge in [0.05, 0.1) is 11.6 Å². The molecule has 0 aliphatic heterocycles. The summed E-state index contributed by atoms with van der Waals surface area (Å²) in [5.74, 6) is 0. The van der Waals surface area contributed by atoms with E-state index in [4.69, 9.17) is 23.2 Å². The Morgan fingerprint density at radius 3 is 2.64 bits per heavy atom. The maximum atomic E-state index is 6.37. The van der Waals surface area contributed by atoms with Gasteiger partial charge in [0.15, 0.2) is 5.16 Å². The quantitative estimate of drug-likeness (QED) is 0.501. The lowest BCUT2D eigenvalue weighted by Crippen LogP contribution is -2.06. The van der Waals surface area contributed by atoms with E-state index in [1.54, 1.807) is 48.8 Å². The van der Waals surface area contributed by atoms with Gasteiger partial charge in [-0.25, -0.2) is 15.0 Å². The standard InChI is InChI=1S/C15H12Cl2N4S/c16-11-2-3-12(13(17)8-11)14(9-21-7-6-18-10-21)22-15-19-4-1-5-20-15/h1-8,10,14H,9H2. The monoisotopic (exact) mass is 350 g/mol. The van der Waals surface area contributed by atoms with Crippen molar-refractivity contribution < 1.29 is 0 Å². The first-order valence-corrected chi connectivity index (χ1v) is 8.20. The fraction of sp³-hybridized carbons (Fsp3) is 0.133. The third kappa shape index (κ3) is 3.80. The van der Waals surface area contributed by atoms with E-state index in [1.807, 2.05) is 22.9 Å². The number of aromatic nitrogens is 4. The molecule has 0 spiro atoms. The molecule has 22 heavy (non-hydrogen) atoms. The summed E-state index contributed by atoms with van der Waals surface area (Å²) < 4.78 is 2.01. The van der Waals surface area contributed by atoms with Gasteiger partial charge >= 0.3 is 0 Å². The Labute approximate surface area is 142 Å².